The van der Waals surface area contributed by atoms with Crippen LogP contribution in [0.1, 0.15) is 12.0 Å². The second kappa shape index (κ2) is 3.47. The van der Waals surface area contributed by atoms with E-state index in [1.54, 1.807) is 12.1 Å². The van der Waals surface area contributed by atoms with E-state index in [4.69, 9.17) is 16.7 Å². The summed E-state index contributed by atoms with van der Waals surface area (Å²) in [6.45, 7) is 0. The normalized spacial score (nSPS) is 22.8. The molecule has 1 aliphatic heterocycles. The van der Waals surface area contributed by atoms with Crippen molar-refractivity contribution in [1.29, 1.82) is 0 Å². The number of halogens is 1. The lowest BCUT2D eigenvalue weighted by Gasteiger charge is -2.17. The standard InChI is InChI=1S/C10H8ClNO4/c11-6-3-1-2-5-8(6)12-9(15)10(5,16)4-7(13)14/h1-3,16H,4H2,(H,12,15)(H,13,14). The number of amides is 1. The van der Waals surface area contributed by atoms with E-state index < -0.39 is 23.9 Å². The number of rotatable bonds is 2. The minimum absolute atomic E-state index is 0.201. The van der Waals surface area contributed by atoms with Crippen molar-refractivity contribution in [2.45, 2.75) is 12.0 Å². The summed E-state index contributed by atoms with van der Waals surface area (Å²) >= 11 is 5.83. The minimum atomic E-state index is -2.04. The summed E-state index contributed by atoms with van der Waals surface area (Å²) in [4.78, 5) is 22.2. The Morgan fingerprint density at radius 3 is 2.81 bits per heavy atom. The van der Waals surface area contributed by atoms with Gasteiger partial charge in [0, 0.05) is 5.56 Å². The first kappa shape index (κ1) is 10.9. The molecule has 0 bridgehead atoms. The van der Waals surface area contributed by atoms with Crippen molar-refractivity contribution in [3.8, 4) is 0 Å². The van der Waals surface area contributed by atoms with Crippen LogP contribution in [0.4, 0.5) is 5.69 Å². The van der Waals surface area contributed by atoms with Crippen LogP contribution in [0.3, 0.4) is 0 Å². The van der Waals surface area contributed by atoms with Crippen molar-refractivity contribution in [2.24, 2.45) is 0 Å². The van der Waals surface area contributed by atoms with Crippen LogP contribution in [-0.2, 0) is 15.2 Å². The fraction of sp³-hybridized carbons (Fsp3) is 0.200. The molecule has 1 atom stereocenters. The zero-order chi connectivity index (χ0) is 11.9. The number of nitrogens with one attached hydrogen (secondary N) is 1. The zero-order valence-electron chi connectivity index (χ0n) is 8.03. The van der Waals surface area contributed by atoms with Gasteiger partial charge in [-0.05, 0) is 6.07 Å². The number of benzene rings is 1. The number of hydrogen-bond donors (Lipinski definition) is 3. The van der Waals surface area contributed by atoms with E-state index in [-0.39, 0.29) is 16.3 Å². The summed E-state index contributed by atoms with van der Waals surface area (Å²) in [6, 6.07) is 4.57. The molecule has 1 amide bonds. The molecule has 5 nitrogen and oxygen atoms in total. The molecule has 1 aromatic rings. The van der Waals surface area contributed by atoms with Gasteiger partial charge in [-0.25, -0.2) is 0 Å². The summed E-state index contributed by atoms with van der Waals surface area (Å²) in [5, 5.41) is 21.4. The molecule has 3 N–H and O–H groups in total. The predicted octanol–water partition coefficient (Wildman–Crippen LogP) is 0.954. The summed E-state index contributed by atoms with van der Waals surface area (Å²) in [5.41, 5.74) is -1.56. The lowest BCUT2D eigenvalue weighted by Crippen LogP contribution is -2.36. The maximum Gasteiger partial charge on any atom is 0.307 e. The molecule has 0 radical (unpaired) electrons. The van der Waals surface area contributed by atoms with Crippen molar-refractivity contribution >= 4 is 29.2 Å². The van der Waals surface area contributed by atoms with Gasteiger partial charge in [0.25, 0.3) is 5.91 Å². The zero-order valence-corrected chi connectivity index (χ0v) is 8.78. The average Bonchev–Trinajstić information content (AvgIpc) is 2.41. The smallest absolute Gasteiger partial charge is 0.307 e. The van der Waals surface area contributed by atoms with Crippen LogP contribution in [0.2, 0.25) is 5.02 Å². The third kappa shape index (κ3) is 1.45. The van der Waals surface area contributed by atoms with Crippen LogP contribution in [0, 0.1) is 0 Å². The Morgan fingerprint density at radius 1 is 1.50 bits per heavy atom. The maximum absolute atomic E-state index is 11.6. The van der Waals surface area contributed by atoms with E-state index in [0.717, 1.165) is 0 Å². The highest BCUT2D eigenvalue weighted by Crippen LogP contribution is 2.41. The lowest BCUT2D eigenvalue weighted by molar-refractivity contribution is -0.149. The van der Waals surface area contributed by atoms with Gasteiger partial charge in [-0.1, -0.05) is 23.7 Å². The van der Waals surface area contributed by atoms with Gasteiger partial charge in [-0.15, -0.1) is 0 Å². The van der Waals surface area contributed by atoms with E-state index >= 15 is 0 Å². The highest BCUT2D eigenvalue weighted by Gasteiger charge is 2.47. The number of carboxylic acid groups (broad SMARTS) is 1. The fourth-order valence-corrected chi connectivity index (χ4v) is 1.95. The first-order chi connectivity index (χ1) is 7.45. The fourth-order valence-electron chi connectivity index (χ4n) is 1.73. The van der Waals surface area contributed by atoms with Crippen LogP contribution >= 0.6 is 11.6 Å². The third-order valence-corrected chi connectivity index (χ3v) is 2.80. The summed E-state index contributed by atoms with van der Waals surface area (Å²) in [6.07, 6.45) is -0.688. The topological polar surface area (TPSA) is 86.6 Å². The quantitative estimate of drug-likeness (QED) is 0.720. The van der Waals surface area contributed by atoms with Crippen LogP contribution in [0.15, 0.2) is 18.2 Å². The molecule has 1 unspecified atom stereocenters. The molecule has 0 saturated carbocycles. The van der Waals surface area contributed by atoms with Crippen LogP contribution in [0.5, 0.6) is 0 Å². The van der Waals surface area contributed by atoms with Crippen molar-refractivity contribution in [2.75, 3.05) is 5.32 Å². The Labute approximate surface area is 95.6 Å². The maximum atomic E-state index is 11.6. The molecule has 2 rings (SSSR count). The molecule has 0 spiro atoms. The van der Waals surface area contributed by atoms with Gasteiger partial charge in [0.2, 0.25) is 0 Å². The predicted molar refractivity (Wildman–Crippen MR) is 56.2 cm³/mol. The van der Waals surface area contributed by atoms with Gasteiger partial charge in [0.1, 0.15) is 0 Å². The monoisotopic (exact) mass is 241 g/mol. The largest absolute Gasteiger partial charge is 0.481 e. The first-order valence-electron chi connectivity index (χ1n) is 4.50. The average molecular weight is 242 g/mol. The molecular formula is C10H8ClNO4. The van der Waals surface area contributed by atoms with E-state index in [1.807, 2.05) is 0 Å². The second-order valence-electron chi connectivity index (χ2n) is 3.55. The van der Waals surface area contributed by atoms with Crippen molar-refractivity contribution in [1.82, 2.24) is 0 Å². The van der Waals surface area contributed by atoms with E-state index in [1.165, 1.54) is 6.07 Å². The number of aliphatic hydroxyl groups is 1. The van der Waals surface area contributed by atoms with Gasteiger partial charge < -0.3 is 15.5 Å². The number of para-hydroxylation sites is 1. The van der Waals surface area contributed by atoms with Crippen molar-refractivity contribution < 1.29 is 19.8 Å². The highest BCUT2D eigenvalue weighted by atomic mass is 35.5. The highest BCUT2D eigenvalue weighted by molar-refractivity contribution is 6.34. The number of carbonyl (C=O) groups excluding carboxylic acids is 1. The number of hydrogen-bond acceptors (Lipinski definition) is 3. The van der Waals surface area contributed by atoms with Gasteiger partial charge in [0.15, 0.2) is 5.60 Å². The van der Waals surface area contributed by atoms with Gasteiger partial charge in [0.05, 0.1) is 17.1 Å². The Bertz CT molecular complexity index is 488. The molecule has 84 valence electrons. The van der Waals surface area contributed by atoms with Gasteiger partial charge in [-0.2, -0.15) is 0 Å². The summed E-state index contributed by atoms with van der Waals surface area (Å²) < 4.78 is 0. The SMILES string of the molecule is O=C(O)CC1(O)C(=O)Nc2c(Cl)cccc21. The van der Waals surface area contributed by atoms with Crippen molar-refractivity contribution in [3.05, 3.63) is 28.8 Å². The molecular weight excluding hydrogens is 234 g/mol. The van der Waals surface area contributed by atoms with Gasteiger partial charge >= 0.3 is 5.97 Å². The molecule has 0 fully saturated rings. The van der Waals surface area contributed by atoms with Gasteiger partial charge in [-0.3, -0.25) is 9.59 Å². The van der Waals surface area contributed by atoms with Crippen LogP contribution < -0.4 is 5.32 Å². The Hall–Kier alpha value is -1.59. The molecule has 0 saturated heterocycles. The molecule has 6 heteroatoms. The molecule has 1 aromatic carbocycles. The molecule has 0 aliphatic carbocycles. The molecule has 16 heavy (non-hydrogen) atoms. The van der Waals surface area contributed by atoms with E-state index in [0.29, 0.717) is 0 Å². The number of fused-ring (bicyclic) bond motifs is 1. The van der Waals surface area contributed by atoms with E-state index in [2.05, 4.69) is 5.32 Å². The lowest BCUT2D eigenvalue weighted by atomic mass is 9.92. The Morgan fingerprint density at radius 2 is 2.19 bits per heavy atom. The molecule has 0 aromatic heterocycles. The number of carboxylic acids is 1. The summed E-state index contributed by atoms with van der Waals surface area (Å²) in [5.74, 6) is -2.02. The van der Waals surface area contributed by atoms with Crippen LogP contribution in [-0.4, -0.2) is 22.1 Å². The second-order valence-corrected chi connectivity index (χ2v) is 3.95. The number of anilines is 1. The minimum Gasteiger partial charge on any atom is -0.481 e. The third-order valence-electron chi connectivity index (χ3n) is 2.48. The van der Waals surface area contributed by atoms with Crippen LogP contribution in [0.25, 0.3) is 0 Å². The number of carbonyl (C=O) groups is 2. The first-order valence-corrected chi connectivity index (χ1v) is 4.87. The number of aliphatic carboxylic acids is 1. The van der Waals surface area contributed by atoms with E-state index in [9.17, 15) is 14.7 Å². The Balaban J connectivity index is 2.55. The Kier molecular flexibility index (Phi) is 2.36. The molecule has 1 aliphatic rings. The van der Waals surface area contributed by atoms with Crippen molar-refractivity contribution in [3.63, 3.8) is 0 Å². The molecule has 1 heterocycles. The summed E-state index contributed by atoms with van der Waals surface area (Å²) in [7, 11) is 0.